The van der Waals surface area contributed by atoms with Crippen molar-refractivity contribution in [2.45, 2.75) is 0 Å². The third-order valence-electron chi connectivity index (χ3n) is 8.34. The fraction of sp³-hybridized carbons (Fsp3) is 0.333. The predicted molar refractivity (Wildman–Crippen MR) is 166 cm³/mol. The number of carbonyl (C=O) groups excluding carboxylic acids is 2. The Kier molecular flexibility index (Phi) is 7.51. The smallest absolute Gasteiger partial charge is 0.295 e. The fourth-order valence-electron chi connectivity index (χ4n) is 5.77. The molecule has 45 heavy (non-hydrogen) atoms. The summed E-state index contributed by atoms with van der Waals surface area (Å²) in [5.41, 5.74) is 2.66. The van der Waals surface area contributed by atoms with E-state index in [1.807, 2.05) is 35.2 Å². The van der Waals surface area contributed by atoms with Gasteiger partial charge in [-0.2, -0.15) is 4.68 Å². The predicted octanol–water partition coefficient (Wildman–Crippen LogP) is 1.29. The highest BCUT2D eigenvalue weighted by Crippen LogP contribution is 2.34. The van der Waals surface area contributed by atoms with Gasteiger partial charge in [0, 0.05) is 58.6 Å². The molecule has 0 aliphatic carbocycles. The van der Waals surface area contributed by atoms with Crippen LogP contribution in [0.2, 0.25) is 0 Å². The van der Waals surface area contributed by atoms with Gasteiger partial charge in [-0.3, -0.25) is 9.59 Å². The summed E-state index contributed by atoms with van der Waals surface area (Å²) in [4.78, 5) is 52.2. The molecule has 5 aromatic rings. The van der Waals surface area contributed by atoms with Gasteiger partial charge in [0.15, 0.2) is 0 Å². The minimum atomic E-state index is -0.629. The lowest BCUT2D eigenvalue weighted by molar-refractivity contribution is -0.126. The van der Waals surface area contributed by atoms with Crippen molar-refractivity contribution >= 4 is 34.4 Å². The number of hydrogen-bond acceptors (Lipinski definition) is 12. The van der Waals surface area contributed by atoms with Gasteiger partial charge < -0.3 is 29.3 Å². The van der Waals surface area contributed by atoms with E-state index in [1.165, 1.54) is 13.3 Å². The number of amides is 1. The number of anilines is 2. The Hall–Kier alpha value is -5.44. The second-order valence-electron chi connectivity index (χ2n) is 11.0. The standard InChI is InChI=1S/C30H32N12O3/c1-38-8-10-39(11-9-38)24-19-31-22(17-32-24)26-27-25(23(45-2)18-34-26)21(16-33-27)28(43)29(44)40-12-14-41(15-13-40)30-35-36-37-42(30)20-6-4-3-5-7-20/h3-7,16-19,33H,8-15H2,1-2H3. The number of likely N-dealkylation sites (N-methyl/N-ethyl adjacent to an activating group) is 1. The number of nitrogens with one attached hydrogen (secondary N) is 1. The van der Waals surface area contributed by atoms with Crippen LogP contribution in [0.15, 0.2) is 55.1 Å². The summed E-state index contributed by atoms with van der Waals surface area (Å²) in [6.45, 7) is 5.32. The molecule has 7 rings (SSSR count). The van der Waals surface area contributed by atoms with E-state index in [1.54, 1.807) is 28.2 Å². The number of rotatable bonds is 7. The zero-order valence-electron chi connectivity index (χ0n) is 25.0. The van der Waals surface area contributed by atoms with E-state index in [0.717, 1.165) is 37.7 Å². The molecule has 6 heterocycles. The number of pyridine rings is 1. The number of hydrogen-bond donors (Lipinski definition) is 1. The van der Waals surface area contributed by atoms with Crippen molar-refractivity contribution in [2.24, 2.45) is 0 Å². The summed E-state index contributed by atoms with van der Waals surface area (Å²) in [5.74, 6) is 0.554. The maximum atomic E-state index is 13.7. The van der Waals surface area contributed by atoms with E-state index in [9.17, 15) is 9.59 Å². The van der Waals surface area contributed by atoms with E-state index < -0.39 is 11.7 Å². The molecule has 4 aromatic heterocycles. The van der Waals surface area contributed by atoms with Gasteiger partial charge in [0.1, 0.15) is 23.0 Å². The zero-order chi connectivity index (χ0) is 30.9. The first kappa shape index (κ1) is 28.3. The number of aromatic amines is 1. The summed E-state index contributed by atoms with van der Waals surface area (Å²) in [6, 6.07) is 9.60. The molecule has 0 radical (unpaired) electrons. The zero-order valence-corrected chi connectivity index (χ0v) is 25.0. The molecule has 230 valence electrons. The van der Waals surface area contributed by atoms with Crippen LogP contribution in [0.4, 0.5) is 11.8 Å². The number of ketones is 1. The van der Waals surface area contributed by atoms with Crippen molar-refractivity contribution in [2.75, 3.05) is 76.3 Å². The van der Waals surface area contributed by atoms with Crippen LogP contribution in [0.1, 0.15) is 10.4 Å². The van der Waals surface area contributed by atoms with Gasteiger partial charge in [-0.05, 0) is 29.6 Å². The van der Waals surface area contributed by atoms with Gasteiger partial charge >= 0.3 is 0 Å². The Labute approximate surface area is 258 Å². The molecule has 0 unspecified atom stereocenters. The summed E-state index contributed by atoms with van der Waals surface area (Å²) in [5, 5.41) is 12.7. The van der Waals surface area contributed by atoms with E-state index in [4.69, 9.17) is 4.74 Å². The molecule has 0 atom stereocenters. The lowest BCUT2D eigenvalue weighted by atomic mass is 10.1. The van der Waals surface area contributed by atoms with Crippen LogP contribution >= 0.6 is 0 Å². The van der Waals surface area contributed by atoms with Gasteiger partial charge in [0.05, 0.1) is 47.9 Å². The number of piperazine rings is 2. The van der Waals surface area contributed by atoms with Crippen LogP contribution in [0.25, 0.3) is 28.0 Å². The third-order valence-corrected chi connectivity index (χ3v) is 8.34. The van der Waals surface area contributed by atoms with Crippen molar-refractivity contribution in [1.29, 1.82) is 0 Å². The number of benzene rings is 1. The largest absolute Gasteiger partial charge is 0.494 e. The molecular formula is C30H32N12O3. The quantitative estimate of drug-likeness (QED) is 0.209. The molecule has 0 saturated carbocycles. The molecule has 2 fully saturated rings. The molecule has 1 aromatic carbocycles. The van der Waals surface area contributed by atoms with Crippen molar-refractivity contribution in [3.8, 4) is 22.8 Å². The van der Waals surface area contributed by atoms with Gasteiger partial charge in [-0.15, -0.1) is 0 Å². The molecule has 2 saturated heterocycles. The van der Waals surface area contributed by atoms with Crippen LogP contribution in [0.5, 0.6) is 5.75 Å². The first-order valence-electron chi connectivity index (χ1n) is 14.7. The number of tetrazole rings is 1. The number of Topliss-reactive ketones (excluding diaryl/α,β-unsaturated/α-hetero) is 1. The van der Waals surface area contributed by atoms with Crippen LogP contribution in [-0.4, -0.2) is 128 Å². The Morgan fingerprint density at radius 3 is 2.33 bits per heavy atom. The summed E-state index contributed by atoms with van der Waals surface area (Å²) in [6.07, 6.45) is 6.51. The number of aromatic nitrogens is 8. The molecule has 2 aliphatic heterocycles. The highest BCUT2D eigenvalue weighted by molar-refractivity contribution is 6.45. The van der Waals surface area contributed by atoms with E-state index >= 15 is 0 Å². The Bertz CT molecular complexity index is 1820. The summed E-state index contributed by atoms with van der Waals surface area (Å²) < 4.78 is 7.23. The summed E-state index contributed by atoms with van der Waals surface area (Å²) in [7, 11) is 3.61. The van der Waals surface area contributed by atoms with Crippen LogP contribution in [0.3, 0.4) is 0 Å². The Balaban J connectivity index is 1.09. The lowest BCUT2D eigenvalue weighted by Gasteiger charge is -2.34. The number of carbonyl (C=O) groups is 2. The van der Waals surface area contributed by atoms with Gasteiger partial charge in [-0.25, -0.2) is 15.0 Å². The highest BCUT2D eigenvalue weighted by atomic mass is 16.5. The van der Waals surface area contributed by atoms with Crippen molar-refractivity contribution in [3.05, 3.63) is 60.7 Å². The second-order valence-corrected chi connectivity index (χ2v) is 11.0. The molecule has 2 aliphatic rings. The normalized spacial score (nSPS) is 15.9. The van der Waals surface area contributed by atoms with Crippen LogP contribution in [-0.2, 0) is 4.79 Å². The number of para-hydroxylation sites is 1. The molecular weight excluding hydrogens is 576 g/mol. The van der Waals surface area contributed by atoms with E-state index in [2.05, 4.69) is 52.3 Å². The van der Waals surface area contributed by atoms with Crippen LogP contribution < -0.4 is 14.5 Å². The first-order valence-corrected chi connectivity index (χ1v) is 14.7. The first-order chi connectivity index (χ1) is 22.0. The number of fused-ring (bicyclic) bond motifs is 1. The Morgan fingerprint density at radius 2 is 1.62 bits per heavy atom. The summed E-state index contributed by atoms with van der Waals surface area (Å²) >= 11 is 0. The van der Waals surface area contributed by atoms with E-state index in [0.29, 0.717) is 60.2 Å². The minimum absolute atomic E-state index is 0.216. The molecule has 0 bridgehead atoms. The molecule has 1 N–H and O–H groups in total. The molecule has 1 amide bonds. The molecule has 15 nitrogen and oxygen atoms in total. The second kappa shape index (κ2) is 11.9. The Morgan fingerprint density at radius 1 is 0.867 bits per heavy atom. The fourth-order valence-corrected chi connectivity index (χ4v) is 5.77. The maximum absolute atomic E-state index is 13.7. The lowest BCUT2D eigenvalue weighted by Crippen LogP contribution is -2.51. The average molecular weight is 609 g/mol. The average Bonchev–Trinajstić information content (AvgIpc) is 3.77. The maximum Gasteiger partial charge on any atom is 0.295 e. The number of H-pyrrole nitrogens is 1. The monoisotopic (exact) mass is 608 g/mol. The van der Waals surface area contributed by atoms with E-state index in [-0.39, 0.29) is 5.56 Å². The number of nitrogens with zero attached hydrogens (tertiary/aromatic N) is 11. The number of methoxy groups -OCH3 is 1. The van der Waals surface area contributed by atoms with Crippen LogP contribution in [0, 0.1) is 0 Å². The molecule has 0 spiro atoms. The SMILES string of the molecule is COc1cnc(-c2cnc(N3CCN(C)CC3)cn2)c2[nH]cc(C(=O)C(=O)N3CCN(c4nnnn4-c4ccccc4)CC3)c12. The molecule has 15 heteroatoms. The van der Waals surface area contributed by atoms with Crippen molar-refractivity contribution in [3.63, 3.8) is 0 Å². The van der Waals surface area contributed by atoms with Gasteiger partial charge in [-0.1, -0.05) is 23.3 Å². The number of ether oxygens (including phenoxy) is 1. The minimum Gasteiger partial charge on any atom is -0.494 e. The van der Waals surface area contributed by atoms with Gasteiger partial charge in [0.2, 0.25) is 5.95 Å². The highest BCUT2D eigenvalue weighted by Gasteiger charge is 2.31. The third kappa shape index (κ3) is 5.31. The van der Waals surface area contributed by atoms with Gasteiger partial charge in [0.25, 0.3) is 11.7 Å². The van der Waals surface area contributed by atoms with Crippen molar-refractivity contribution < 1.29 is 14.3 Å². The topological polar surface area (TPSA) is 154 Å². The van der Waals surface area contributed by atoms with Crippen molar-refractivity contribution in [1.82, 2.24) is 49.9 Å².